The molecule has 53 heavy (non-hydrogen) atoms. The van der Waals surface area contributed by atoms with E-state index < -0.39 is 0 Å². The minimum Gasteiger partial charge on any atom is -0.309 e. The van der Waals surface area contributed by atoms with Crippen LogP contribution in [0.3, 0.4) is 0 Å². The number of hydrogen-bond donors (Lipinski definition) is 0. The zero-order valence-electron chi connectivity index (χ0n) is 29.7. The Labute approximate surface area is 308 Å². The first-order chi connectivity index (χ1) is 26.1. The highest BCUT2D eigenvalue weighted by molar-refractivity contribution is 6.29. The van der Waals surface area contributed by atoms with Crippen LogP contribution in [0.15, 0.2) is 182 Å². The van der Waals surface area contributed by atoms with Crippen molar-refractivity contribution in [2.24, 2.45) is 0 Å². The van der Waals surface area contributed by atoms with Gasteiger partial charge in [-0.05, 0) is 87.0 Å². The smallest absolute Gasteiger partial charge is 0.0549 e. The second-order valence-electron chi connectivity index (χ2n) is 14.9. The van der Waals surface area contributed by atoms with Crippen LogP contribution in [0.25, 0.3) is 88.4 Å². The van der Waals surface area contributed by atoms with Crippen LogP contribution in [0.1, 0.15) is 25.0 Å². The first-order valence-electron chi connectivity index (χ1n) is 18.5. The largest absolute Gasteiger partial charge is 0.309 e. The zero-order chi connectivity index (χ0) is 35.3. The van der Waals surface area contributed by atoms with Gasteiger partial charge in [0.1, 0.15) is 0 Å². The lowest BCUT2D eigenvalue weighted by atomic mass is 9.81. The molecule has 0 spiro atoms. The van der Waals surface area contributed by atoms with Gasteiger partial charge < -0.3 is 9.13 Å². The molecule has 0 N–H and O–H groups in total. The van der Waals surface area contributed by atoms with E-state index in [2.05, 4.69) is 205 Å². The van der Waals surface area contributed by atoms with Gasteiger partial charge in [0, 0.05) is 32.6 Å². The normalized spacial score (nSPS) is 13.2. The summed E-state index contributed by atoms with van der Waals surface area (Å²) in [6, 6.07) is 66.9. The van der Waals surface area contributed by atoms with Crippen molar-refractivity contribution in [3.63, 3.8) is 0 Å². The molecule has 1 aliphatic carbocycles. The summed E-state index contributed by atoms with van der Waals surface area (Å²) in [5.41, 5.74) is 17.5. The Morgan fingerprint density at radius 1 is 0.377 bits per heavy atom. The molecule has 2 heteroatoms. The maximum absolute atomic E-state index is 2.53. The fourth-order valence-corrected chi connectivity index (χ4v) is 9.37. The van der Waals surface area contributed by atoms with E-state index >= 15 is 0 Å². The van der Waals surface area contributed by atoms with E-state index in [0.717, 1.165) is 5.69 Å². The minimum atomic E-state index is -0.132. The highest BCUT2D eigenvalue weighted by Gasteiger charge is 2.38. The Morgan fingerprint density at radius 2 is 0.906 bits per heavy atom. The Kier molecular flexibility index (Phi) is 6.33. The van der Waals surface area contributed by atoms with Crippen molar-refractivity contribution < 1.29 is 0 Å². The molecular weight excluding hydrogens is 641 g/mol. The van der Waals surface area contributed by atoms with Gasteiger partial charge in [0.25, 0.3) is 0 Å². The summed E-state index contributed by atoms with van der Waals surface area (Å²) < 4.78 is 4.99. The Balaban J connectivity index is 1.14. The molecule has 0 amide bonds. The number of rotatable bonds is 4. The van der Waals surface area contributed by atoms with E-state index in [1.54, 1.807) is 0 Å². The predicted molar refractivity (Wildman–Crippen MR) is 224 cm³/mol. The molecule has 0 saturated heterocycles. The van der Waals surface area contributed by atoms with Gasteiger partial charge in [0.05, 0.1) is 27.8 Å². The van der Waals surface area contributed by atoms with Crippen LogP contribution in [0, 0.1) is 0 Å². The van der Waals surface area contributed by atoms with E-state index in [-0.39, 0.29) is 5.41 Å². The van der Waals surface area contributed by atoms with Gasteiger partial charge in [0.15, 0.2) is 0 Å². The molecule has 8 aromatic carbocycles. The number of aromatic nitrogens is 2. The highest BCUT2D eigenvalue weighted by Crippen LogP contribution is 2.52. The van der Waals surface area contributed by atoms with Crippen molar-refractivity contribution in [2.45, 2.75) is 19.3 Å². The Hall–Kier alpha value is -6.64. The SMILES string of the molecule is CC1(C)c2ccccc2-c2cccc(-n3c4ccccc4c4c5c6ccccc6n(-c6cccc(-c7ccc(-c8ccccc8)cc7)c6)c5ccc43)c21. The summed E-state index contributed by atoms with van der Waals surface area (Å²) in [4.78, 5) is 0. The topological polar surface area (TPSA) is 9.86 Å². The molecule has 0 radical (unpaired) electrons. The van der Waals surface area contributed by atoms with Crippen LogP contribution in [0.4, 0.5) is 0 Å². The lowest BCUT2D eigenvalue weighted by Gasteiger charge is -2.25. The van der Waals surface area contributed by atoms with Crippen molar-refractivity contribution in [2.75, 3.05) is 0 Å². The molecule has 2 nitrogen and oxygen atoms in total. The fourth-order valence-electron chi connectivity index (χ4n) is 9.37. The van der Waals surface area contributed by atoms with Crippen LogP contribution in [-0.2, 0) is 5.41 Å². The monoisotopic (exact) mass is 676 g/mol. The lowest BCUT2D eigenvalue weighted by molar-refractivity contribution is 0.656. The molecule has 11 rings (SSSR count). The standard InChI is InChI=1S/C51H36N2/c1-51(2)42-22-9-6-18-38(42)39-21-13-25-47(50(39)51)53-44-24-11-8-20-41(44)49-46(53)31-30-45-48(49)40-19-7-10-23-43(40)52(45)37-17-12-16-36(32-37)35-28-26-34(27-29-35)33-14-4-3-5-15-33/h3-32H,1-2H3. The summed E-state index contributed by atoms with van der Waals surface area (Å²) in [7, 11) is 0. The van der Waals surface area contributed by atoms with Crippen molar-refractivity contribution in [3.05, 3.63) is 193 Å². The number of fused-ring (bicyclic) bond motifs is 10. The maximum atomic E-state index is 2.53. The number of benzene rings is 8. The second-order valence-corrected chi connectivity index (χ2v) is 14.9. The third-order valence-corrected chi connectivity index (χ3v) is 11.7. The molecule has 10 aromatic rings. The van der Waals surface area contributed by atoms with E-state index in [1.165, 1.54) is 93.8 Å². The van der Waals surface area contributed by atoms with E-state index in [9.17, 15) is 0 Å². The molecule has 250 valence electrons. The van der Waals surface area contributed by atoms with Gasteiger partial charge in [-0.2, -0.15) is 0 Å². The van der Waals surface area contributed by atoms with Gasteiger partial charge in [-0.25, -0.2) is 0 Å². The summed E-state index contributed by atoms with van der Waals surface area (Å²) >= 11 is 0. The second kappa shape index (κ2) is 11.2. The summed E-state index contributed by atoms with van der Waals surface area (Å²) in [5, 5.41) is 5.13. The van der Waals surface area contributed by atoms with Crippen LogP contribution >= 0.6 is 0 Å². The molecule has 0 fully saturated rings. The van der Waals surface area contributed by atoms with E-state index in [4.69, 9.17) is 0 Å². The lowest BCUT2D eigenvalue weighted by Crippen LogP contribution is -2.17. The molecule has 2 aromatic heterocycles. The number of hydrogen-bond acceptors (Lipinski definition) is 0. The van der Waals surface area contributed by atoms with E-state index in [1.807, 2.05) is 0 Å². The van der Waals surface area contributed by atoms with Gasteiger partial charge in [0.2, 0.25) is 0 Å². The third kappa shape index (κ3) is 4.27. The first-order valence-corrected chi connectivity index (χ1v) is 18.5. The van der Waals surface area contributed by atoms with Crippen LogP contribution in [-0.4, -0.2) is 9.13 Å². The summed E-state index contributed by atoms with van der Waals surface area (Å²) in [6.45, 7) is 4.76. The zero-order valence-corrected chi connectivity index (χ0v) is 29.7. The van der Waals surface area contributed by atoms with Gasteiger partial charge in [-0.15, -0.1) is 0 Å². The first kappa shape index (κ1) is 30.0. The van der Waals surface area contributed by atoms with Crippen LogP contribution in [0.5, 0.6) is 0 Å². The molecular formula is C51H36N2. The van der Waals surface area contributed by atoms with Gasteiger partial charge >= 0.3 is 0 Å². The molecule has 1 aliphatic rings. The summed E-state index contributed by atoms with van der Waals surface area (Å²) in [6.07, 6.45) is 0. The van der Waals surface area contributed by atoms with Crippen LogP contribution in [0.2, 0.25) is 0 Å². The highest BCUT2D eigenvalue weighted by atomic mass is 15.0. The Bertz CT molecular complexity index is 3060. The third-order valence-electron chi connectivity index (χ3n) is 11.7. The van der Waals surface area contributed by atoms with Crippen molar-refractivity contribution in [3.8, 4) is 44.8 Å². The van der Waals surface area contributed by atoms with Crippen LogP contribution < -0.4 is 0 Å². The van der Waals surface area contributed by atoms with Gasteiger partial charge in [-0.3, -0.25) is 0 Å². The molecule has 0 saturated carbocycles. The fraction of sp³-hybridized carbons (Fsp3) is 0.0588. The summed E-state index contributed by atoms with van der Waals surface area (Å²) in [5.74, 6) is 0. The molecule has 0 aliphatic heterocycles. The molecule has 2 heterocycles. The number of para-hydroxylation sites is 2. The average molecular weight is 677 g/mol. The molecule has 0 bridgehead atoms. The van der Waals surface area contributed by atoms with Crippen molar-refractivity contribution in [1.82, 2.24) is 9.13 Å². The predicted octanol–water partition coefficient (Wildman–Crippen LogP) is 13.5. The minimum absolute atomic E-state index is 0.132. The van der Waals surface area contributed by atoms with E-state index in [0.29, 0.717) is 0 Å². The Morgan fingerprint density at radius 3 is 1.64 bits per heavy atom. The average Bonchev–Trinajstić information content (AvgIpc) is 3.82. The van der Waals surface area contributed by atoms with Crippen molar-refractivity contribution in [1.29, 1.82) is 0 Å². The maximum Gasteiger partial charge on any atom is 0.0549 e. The van der Waals surface area contributed by atoms with Crippen molar-refractivity contribution >= 4 is 43.6 Å². The molecule has 0 unspecified atom stereocenters. The van der Waals surface area contributed by atoms with Gasteiger partial charge in [-0.1, -0.05) is 153 Å². The molecule has 0 atom stereocenters. The number of nitrogens with zero attached hydrogens (tertiary/aromatic N) is 2. The quantitative estimate of drug-likeness (QED) is 0.176.